The van der Waals surface area contributed by atoms with Gasteiger partial charge in [-0.25, -0.2) is 9.78 Å². The SMILES string of the molecule is CCOC(=O)c1c(SC)nc2c(Br)cccn12. The van der Waals surface area contributed by atoms with Crippen molar-refractivity contribution >= 4 is 39.3 Å². The Kier molecular flexibility index (Phi) is 3.73. The Labute approximate surface area is 111 Å². The maximum Gasteiger partial charge on any atom is 0.358 e. The molecular weight excluding hydrogens is 304 g/mol. The minimum absolute atomic E-state index is 0.345. The van der Waals surface area contributed by atoms with Crippen LogP contribution in [0.4, 0.5) is 0 Å². The first-order chi connectivity index (χ1) is 8.19. The van der Waals surface area contributed by atoms with Crippen LogP contribution < -0.4 is 0 Å². The maximum absolute atomic E-state index is 11.9. The van der Waals surface area contributed by atoms with Crippen molar-refractivity contribution in [3.8, 4) is 0 Å². The third kappa shape index (κ3) is 2.19. The van der Waals surface area contributed by atoms with Crippen molar-refractivity contribution in [2.45, 2.75) is 11.9 Å². The maximum atomic E-state index is 11.9. The lowest BCUT2D eigenvalue weighted by atomic mass is 10.4. The number of esters is 1. The molecule has 4 nitrogen and oxygen atoms in total. The molecule has 0 radical (unpaired) electrons. The second-order valence-electron chi connectivity index (χ2n) is 3.24. The minimum atomic E-state index is -0.345. The summed E-state index contributed by atoms with van der Waals surface area (Å²) in [5.74, 6) is -0.345. The summed E-state index contributed by atoms with van der Waals surface area (Å²) in [6, 6.07) is 3.74. The first-order valence-corrected chi connectivity index (χ1v) is 7.08. The summed E-state index contributed by atoms with van der Waals surface area (Å²) in [5.41, 5.74) is 1.20. The van der Waals surface area contributed by atoms with Crippen LogP contribution in [-0.2, 0) is 4.74 Å². The van der Waals surface area contributed by atoms with Gasteiger partial charge in [0, 0.05) is 6.20 Å². The van der Waals surface area contributed by atoms with Crippen molar-refractivity contribution in [3.63, 3.8) is 0 Å². The third-order valence-corrected chi connectivity index (χ3v) is 3.52. The largest absolute Gasteiger partial charge is 0.461 e. The van der Waals surface area contributed by atoms with Gasteiger partial charge in [-0.15, -0.1) is 11.8 Å². The van der Waals surface area contributed by atoms with E-state index >= 15 is 0 Å². The summed E-state index contributed by atoms with van der Waals surface area (Å²) in [4.78, 5) is 16.3. The Morgan fingerprint density at radius 1 is 1.65 bits per heavy atom. The van der Waals surface area contributed by atoms with Crippen LogP contribution in [0, 0.1) is 0 Å². The number of hydrogen-bond acceptors (Lipinski definition) is 4. The molecule has 0 aliphatic heterocycles. The Morgan fingerprint density at radius 2 is 2.41 bits per heavy atom. The molecule has 90 valence electrons. The molecule has 6 heteroatoms. The number of ether oxygens (including phenoxy) is 1. The van der Waals surface area contributed by atoms with E-state index in [-0.39, 0.29) is 5.97 Å². The van der Waals surface area contributed by atoms with Gasteiger partial charge < -0.3 is 4.74 Å². The van der Waals surface area contributed by atoms with E-state index in [1.165, 1.54) is 11.8 Å². The second-order valence-corrected chi connectivity index (χ2v) is 4.89. The van der Waals surface area contributed by atoms with Gasteiger partial charge in [0.15, 0.2) is 11.3 Å². The topological polar surface area (TPSA) is 43.6 Å². The quantitative estimate of drug-likeness (QED) is 0.645. The molecule has 17 heavy (non-hydrogen) atoms. The Balaban J connectivity index is 2.67. The van der Waals surface area contributed by atoms with E-state index in [1.54, 1.807) is 17.5 Å². The number of hydrogen-bond donors (Lipinski definition) is 0. The van der Waals surface area contributed by atoms with Crippen molar-refractivity contribution in [2.75, 3.05) is 12.9 Å². The summed E-state index contributed by atoms with van der Waals surface area (Å²) in [6.07, 6.45) is 3.69. The van der Waals surface area contributed by atoms with Crippen molar-refractivity contribution in [1.82, 2.24) is 9.38 Å². The number of halogens is 1. The van der Waals surface area contributed by atoms with E-state index in [0.29, 0.717) is 17.3 Å². The second kappa shape index (κ2) is 5.10. The number of thioether (sulfide) groups is 1. The van der Waals surface area contributed by atoms with Gasteiger partial charge in [-0.3, -0.25) is 4.40 Å². The number of imidazole rings is 1. The fourth-order valence-corrected chi connectivity index (χ4v) is 2.53. The highest BCUT2D eigenvalue weighted by Crippen LogP contribution is 2.26. The normalized spacial score (nSPS) is 10.8. The van der Waals surface area contributed by atoms with Crippen molar-refractivity contribution in [2.24, 2.45) is 0 Å². The highest BCUT2D eigenvalue weighted by atomic mass is 79.9. The van der Waals surface area contributed by atoms with Gasteiger partial charge in [0.25, 0.3) is 0 Å². The number of fused-ring (bicyclic) bond motifs is 1. The zero-order valence-electron chi connectivity index (χ0n) is 9.44. The molecule has 2 aromatic rings. The molecule has 0 bridgehead atoms. The van der Waals surface area contributed by atoms with Gasteiger partial charge in [-0.1, -0.05) is 0 Å². The Hall–Kier alpha value is -1.01. The van der Waals surface area contributed by atoms with Gasteiger partial charge in [0.1, 0.15) is 5.03 Å². The van der Waals surface area contributed by atoms with Gasteiger partial charge in [0.05, 0.1) is 11.1 Å². The molecule has 0 unspecified atom stereocenters. The van der Waals surface area contributed by atoms with Crippen LogP contribution in [0.15, 0.2) is 27.8 Å². The van der Waals surface area contributed by atoms with Crippen LogP contribution >= 0.6 is 27.7 Å². The molecule has 0 amide bonds. The van der Waals surface area contributed by atoms with E-state index in [1.807, 2.05) is 18.4 Å². The van der Waals surface area contributed by atoms with Gasteiger partial charge in [0.2, 0.25) is 0 Å². The summed E-state index contributed by atoms with van der Waals surface area (Å²) in [6.45, 7) is 2.14. The Bertz CT molecular complexity index is 568. The van der Waals surface area contributed by atoms with E-state index < -0.39 is 0 Å². The number of nitrogens with zero attached hydrogens (tertiary/aromatic N) is 2. The van der Waals surface area contributed by atoms with Crippen LogP contribution in [0.25, 0.3) is 5.65 Å². The lowest BCUT2D eigenvalue weighted by Gasteiger charge is -2.03. The average Bonchev–Trinajstić information content (AvgIpc) is 2.69. The molecule has 2 aromatic heterocycles. The molecule has 0 atom stereocenters. The molecule has 0 saturated carbocycles. The molecule has 0 aliphatic carbocycles. The lowest BCUT2D eigenvalue weighted by Crippen LogP contribution is -2.09. The highest BCUT2D eigenvalue weighted by molar-refractivity contribution is 9.10. The highest BCUT2D eigenvalue weighted by Gasteiger charge is 2.20. The van der Waals surface area contributed by atoms with Gasteiger partial charge in [-0.2, -0.15) is 0 Å². The molecule has 0 fully saturated rings. The summed E-state index contributed by atoms with van der Waals surface area (Å²) < 4.78 is 7.64. The molecular formula is C11H11BrN2O2S. The Morgan fingerprint density at radius 3 is 3.06 bits per heavy atom. The van der Waals surface area contributed by atoms with E-state index in [2.05, 4.69) is 20.9 Å². The molecule has 2 rings (SSSR count). The van der Waals surface area contributed by atoms with E-state index in [0.717, 1.165) is 10.1 Å². The molecule has 2 heterocycles. The average molecular weight is 315 g/mol. The van der Waals surface area contributed by atoms with Crippen LogP contribution in [0.2, 0.25) is 0 Å². The van der Waals surface area contributed by atoms with Crippen molar-refractivity contribution in [3.05, 3.63) is 28.5 Å². The van der Waals surface area contributed by atoms with E-state index in [9.17, 15) is 4.79 Å². The van der Waals surface area contributed by atoms with Gasteiger partial charge >= 0.3 is 5.97 Å². The summed E-state index contributed by atoms with van der Waals surface area (Å²) >= 11 is 4.85. The van der Waals surface area contributed by atoms with Gasteiger partial charge in [-0.05, 0) is 41.2 Å². The smallest absolute Gasteiger partial charge is 0.358 e. The number of carbonyl (C=O) groups excluding carboxylic acids is 1. The number of aromatic nitrogens is 2. The third-order valence-electron chi connectivity index (χ3n) is 2.23. The predicted molar refractivity (Wildman–Crippen MR) is 70.6 cm³/mol. The lowest BCUT2D eigenvalue weighted by molar-refractivity contribution is 0.0513. The molecule has 0 N–H and O–H groups in total. The van der Waals surface area contributed by atoms with Crippen molar-refractivity contribution in [1.29, 1.82) is 0 Å². The standard InChI is InChI=1S/C11H11BrN2O2S/c1-3-16-11(15)8-10(17-2)13-9-7(12)5-4-6-14(8)9/h4-6H,3H2,1-2H3. The number of rotatable bonds is 3. The minimum Gasteiger partial charge on any atom is -0.461 e. The van der Waals surface area contributed by atoms with E-state index in [4.69, 9.17) is 4.74 Å². The first-order valence-electron chi connectivity index (χ1n) is 5.06. The summed E-state index contributed by atoms with van der Waals surface area (Å²) in [7, 11) is 0. The fraction of sp³-hybridized carbons (Fsp3) is 0.273. The van der Waals surface area contributed by atoms with Crippen LogP contribution in [-0.4, -0.2) is 28.2 Å². The monoisotopic (exact) mass is 314 g/mol. The number of pyridine rings is 1. The fourth-order valence-electron chi connectivity index (χ4n) is 1.54. The summed E-state index contributed by atoms with van der Waals surface area (Å²) in [5, 5.41) is 0.676. The zero-order valence-corrected chi connectivity index (χ0v) is 11.8. The van der Waals surface area contributed by atoms with Crippen LogP contribution in [0.5, 0.6) is 0 Å². The molecule has 0 aliphatic rings. The molecule has 0 saturated heterocycles. The number of carbonyl (C=O) groups is 1. The molecule has 0 spiro atoms. The van der Waals surface area contributed by atoms with Crippen molar-refractivity contribution < 1.29 is 9.53 Å². The zero-order chi connectivity index (χ0) is 12.4. The van der Waals surface area contributed by atoms with Crippen LogP contribution in [0.1, 0.15) is 17.4 Å². The predicted octanol–water partition coefficient (Wildman–Crippen LogP) is 3.00. The van der Waals surface area contributed by atoms with Crippen LogP contribution in [0.3, 0.4) is 0 Å². The molecule has 0 aromatic carbocycles. The first kappa shape index (κ1) is 12.4.